The molecule has 0 unspecified atom stereocenters. The van der Waals surface area contributed by atoms with Gasteiger partial charge in [0.15, 0.2) is 0 Å². The monoisotopic (exact) mass is 774 g/mol. The van der Waals surface area contributed by atoms with E-state index < -0.39 is 0 Å². The van der Waals surface area contributed by atoms with Crippen molar-refractivity contribution in [2.75, 3.05) is 9.80 Å². The Morgan fingerprint density at radius 3 is 1.05 bits per heavy atom. The van der Waals surface area contributed by atoms with Gasteiger partial charge in [0, 0.05) is 80.8 Å². The number of fused-ring (bicyclic) bond motifs is 6. The van der Waals surface area contributed by atoms with Crippen molar-refractivity contribution < 1.29 is 0 Å². The lowest BCUT2D eigenvalue weighted by molar-refractivity contribution is 0.959. The first-order valence-corrected chi connectivity index (χ1v) is 20.6. The molecule has 4 nitrogen and oxygen atoms in total. The Hall–Kier alpha value is -7.56. The summed E-state index contributed by atoms with van der Waals surface area (Å²) in [6.07, 6.45) is 5.67. The molecule has 8 aromatic carbocycles. The first kappa shape index (κ1) is 36.8. The summed E-state index contributed by atoms with van der Waals surface area (Å²) in [6.45, 7) is 7.95. The van der Waals surface area contributed by atoms with Crippen LogP contribution in [0.2, 0.25) is 0 Å². The number of rotatable bonds is 11. The molecular weight excluding hydrogens is 729 g/mol. The molecule has 4 heteroatoms. The molecule has 0 atom stereocenters. The summed E-state index contributed by atoms with van der Waals surface area (Å²) in [4.78, 5) is 4.70. The molecule has 10 aromatic rings. The van der Waals surface area contributed by atoms with Gasteiger partial charge in [0.25, 0.3) is 0 Å². The van der Waals surface area contributed by atoms with Crippen molar-refractivity contribution in [1.29, 1.82) is 0 Å². The van der Waals surface area contributed by atoms with E-state index in [1.807, 2.05) is 12.2 Å². The Labute approximate surface area is 351 Å². The minimum Gasteiger partial charge on any atom is -0.344 e. The van der Waals surface area contributed by atoms with Crippen molar-refractivity contribution in [1.82, 2.24) is 9.13 Å². The molecule has 0 radical (unpaired) electrons. The first-order valence-electron chi connectivity index (χ1n) is 20.6. The Kier molecular flexibility index (Phi) is 9.38. The standard InChI is InChI=1S/C56H46N4/c1-5-39-17-25-43(26-18-39)59(47-33-35-51-49-11-7-9-13-53(49)57(3)55(51)37-47)45-29-21-41(22-30-45)15-16-42-23-31-46(32-24-42)60(44-27-19-40(6-2)20-28-44)48-34-36-52-50-12-8-10-14-54(50)58(4)56(52)38-48/h5-14,17-38H,1-2,15-16H2,3-4H3. The van der Waals surface area contributed by atoms with Crippen molar-refractivity contribution in [3.8, 4) is 0 Å². The highest BCUT2D eigenvalue weighted by molar-refractivity contribution is 6.10. The molecule has 10 rings (SSSR count). The number of nitrogens with zero attached hydrogens (tertiary/aromatic N) is 4. The fourth-order valence-corrected chi connectivity index (χ4v) is 8.90. The molecule has 290 valence electrons. The molecule has 0 N–H and O–H groups in total. The van der Waals surface area contributed by atoms with Crippen molar-refractivity contribution in [3.63, 3.8) is 0 Å². The van der Waals surface area contributed by atoms with E-state index in [4.69, 9.17) is 0 Å². The number of benzene rings is 8. The van der Waals surface area contributed by atoms with Crippen LogP contribution in [0.3, 0.4) is 0 Å². The molecule has 2 heterocycles. The van der Waals surface area contributed by atoms with Crippen LogP contribution in [0.15, 0.2) is 195 Å². The van der Waals surface area contributed by atoms with Gasteiger partial charge in [-0.2, -0.15) is 0 Å². The van der Waals surface area contributed by atoms with Crippen LogP contribution in [0.5, 0.6) is 0 Å². The maximum atomic E-state index is 3.97. The normalized spacial score (nSPS) is 11.4. The first-order chi connectivity index (χ1) is 29.5. The average Bonchev–Trinajstić information content (AvgIpc) is 3.76. The molecule has 0 saturated carbocycles. The lowest BCUT2D eigenvalue weighted by Gasteiger charge is -2.26. The lowest BCUT2D eigenvalue weighted by atomic mass is 10.0. The number of anilines is 6. The van der Waals surface area contributed by atoms with Gasteiger partial charge in [-0.25, -0.2) is 0 Å². The molecule has 0 fully saturated rings. The molecule has 2 aromatic heterocycles. The van der Waals surface area contributed by atoms with E-state index in [-0.39, 0.29) is 0 Å². The maximum absolute atomic E-state index is 3.97. The molecule has 0 aliphatic rings. The van der Waals surface area contributed by atoms with Gasteiger partial charge >= 0.3 is 0 Å². The molecule has 0 aliphatic carbocycles. The molecule has 0 amide bonds. The summed E-state index contributed by atoms with van der Waals surface area (Å²) in [5, 5.41) is 5.08. The van der Waals surface area contributed by atoms with E-state index in [0.717, 1.165) is 58.1 Å². The summed E-state index contributed by atoms with van der Waals surface area (Å²) < 4.78 is 4.59. The Morgan fingerprint density at radius 2 is 0.683 bits per heavy atom. The number of aryl methyl sites for hydroxylation is 4. The van der Waals surface area contributed by atoms with Crippen LogP contribution in [0.1, 0.15) is 22.3 Å². The zero-order valence-electron chi connectivity index (χ0n) is 34.1. The largest absolute Gasteiger partial charge is 0.344 e. The Balaban J connectivity index is 0.921. The van der Waals surface area contributed by atoms with Gasteiger partial charge in [0.2, 0.25) is 0 Å². The van der Waals surface area contributed by atoms with Gasteiger partial charge < -0.3 is 18.9 Å². The fraction of sp³-hybridized carbons (Fsp3) is 0.0714. The summed E-state index contributed by atoms with van der Waals surface area (Å²) >= 11 is 0. The van der Waals surface area contributed by atoms with Gasteiger partial charge in [-0.1, -0.05) is 122 Å². The van der Waals surface area contributed by atoms with E-state index in [2.05, 4.69) is 228 Å². The van der Waals surface area contributed by atoms with Crippen molar-refractivity contribution in [3.05, 3.63) is 217 Å². The van der Waals surface area contributed by atoms with Crippen LogP contribution in [0.25, 0.3) is 55.8 Å². The van der Waals surface area contributed by atoms with Crippen LogP contribution in [0.4, 0.5) is 34.1 Å². The molecule has 0 saturated heterocycles. The van der Waals surface area contributed by atoms with Gasteiger partial charge in [-0.3, -0.25) is 0 Å². The predicted molar refractivity (Wildman–Crippen MR) is 258 cm³/mol. The Bertz CT molecular complexity index is 2960. The molecule has 60 heavy (non-hydrogen) atoms. The summed E-state index contributed by atoms with van der Waals surface area (Å²) in [6, 6.07) is 66.3. The van der Waals surface area contributed by atoms with Gasteiger partial charge in [-0.05, 0) is 120 Å². The second-order valence-electron chi connectivity index (χ2n) is 15.7. The number of aromatic nitrogens is 2. The summed E-state index contributed by atoms with van der Waals surface area (Å²) in [7, 11) is 4.31. The van der Waals surface area contributed by atoms with Crippen LogP contribution in [-0.4, -0.2) is 9.13 Å². The minimum absolute atomic E-state index is 0.944. The maximum Gasteiger partial charge on any atom is 0.0509 e. The highest BCUT2D eigenvalue weighted by Crippen LogP contribution is 2.40. The van der Waals surface area contributed by atoms with Gasteiger partial charge in [0.05, 0.1) is 11.0 Å². The Morgan fingerprint density at radius 1 is 0.367 bits per heavy atom. The highest BCUT2D eigenvalue weighted by Gasteiger charge is 2.18. The minimum atomic E-state index is 0.944. The zero-order valence-corrected chi connectivity index (χ0v) is 34.1. The smallest absolute Gasteiger partial charge is 0.0509 e. The van der Waals surface area contributed by atoms with Crippen LogP contribution in [-0.2, 0) is 26.9 Å². The van der Waals surface area contributed by atoms with Crippen molar-refractivity contribution in [2.45, 2.75) is 12.8 Å². The SMILES string of the molecule is C=Cc1ccc(N(c2ccc(CCc3ccc(N(c4ccc(C=C)cc4)c4ccc5c6ccccc6n(C)c5c4)cc3)cc2)c2ccc3c4ccccc4n(C)c3c2)cc1. The van der Waals surface area contributed by atoms with Gasteiger partial charge in [-0.15, -0.1) is 0 Å². The van der Waals surface area contributed by atoms with Crippen LogP contribution >= 0.6 is 0 Å². The molecule has 0 aliphatic heterocycles. The fourth-order valence-electron chi connectivity index (χ4n) is 8.90. The lowest BCUT2D eigenvalue weighted by Crippen LogP contribution is -2.10. The number of para-hydroxylation sites is 2. The van der Waals surface area contributed by atoms with E-state index in [1.165, 1.54) is 54.7 Å². The third-order valence-electron chi connectivity index (χ3n) is 12.2. The van der Waals surface area contributed by atoms with E-state index in [9.17, 15) is 0 Å². The second-order valence-corrected chi connectivity index (χ2v) is 15.7. The third kappa shape index (κ3) is 6.53. The number of hydrogen-bond donors (Lipinski definition) is 0. The second kappa shape index (κ2) is 15.3. The molecular formula is C56H46N4. The quantitative estimate of drug-likeness (QED) is 0.130. The number of hydrogen-bond acceptors (Lipinski definition) is 2. The van der Waals surface area contributed by atoms with Crippen molar-refractivity contribution >= 4 is 89.9 Å². The summed E-state index contributed by atoms with van der Waals surface area (Å²) in [5.41, 5.74) is 16.4. The topological polar surface area (TPSA) is 16.3 Å². The van der Waals surface area contributed by atoms with Crippen molar-refractivity contribution in [2.24, 2.45) is 14.1 Å². The van der Waals surface area contributed by atoms with Gasteiger partial charge in [0.1, 0.15) is 0 Å². The average molecular weight is 775 g/mol. The highest BCUT2D eigenvalue weighted by atomic mass is 15.1. The zero-order chi connectivity index (χ0) is 40.7. The third-order valence-corrected chi connectivity index (χ3v) is 12.2. The molecule has 0 spiro atoms. The van der Waals surface area contributed by atoms with Crippen LogP contribution in [0, 0.1) is 0 Å². The molecule has 0 bridgehead atoms. The van der Waals surface area contributed by atoms with E-state index in [0.29, 0.717) is 0 Å². The van der Waals surface area contributed by atoms with E-state index >= 15 is 0 Å². The van der Waals surface area contributed by atoms with Crippen LogP contribution < -0.4 is 9.80 Å². The van der Waals surface area contributed by atoms with E-state index in [1.54, 1.807) is 0 Å². The predicted octanol–water partition coefficient (Wildman–Crippen LogP) is 15.0. The summed E-state index contributed by atoms with van der Waals surface area (Å²) in [5.74, 6) is 0.